The second-order valence-electron chi connectivity index (χ2n) is 12.2. The van der Waals surface area contributed by atoms with Gasteiger partial charge in [-0.05, 0) is 63.3 Å². The van der Waals surface area contributed by atoms with Crippen molar-refractivity contribution < 1.29 is 4.74 Å². The van der Waals surface area contributed by atoms with E-state index in [1.165, 1.54) is 21.7 Å². The van der Waals surface area contributed by atoms with E-state index in [9.17, 15) is 0 Å². The van der Waals surface area contributed by atoms with E-state index in [2.05, 4.69) is 133 Å². The molecule has 10 rings (SSSR count). The Morgan fingerprint density at radius 3 is 2.04 bits per heavy atom. The summed E-state index contributed by atoms with van der Waals surface area (Å²) in [5.74, 6) is 2.94. The minimum Gasteiger partial charge on any atom is -0.485 e. The van der Waals surface area contributed by atoms with Crippen LogP contribution >= 0.6 is 0 Å². The second-order valence-corrected chi connectivity index (χ2v) is 12.2. The second kappa shape index (κ2) is 10.2. The standard InChI is InChI=1S/C42H26N4O/c1-2-9-27-21-28(14-13-25(27)7-1)40-44-41(46-42(45-40)30-16-19-34-33-11-5-6-12-38(33)47-39(34)23-30)29-17-20-37-35(22-29)32-18-15-26-8-3-4-10-31(26)36(32)24-43-37/h1-24,33,38H. The van der Waals surface area contributed by atoms with Crippen molar-refractivity contribution in [3.05, 3.63) is 151 Å². The number of nitrogens with zero attached hydrogens (tertiary/aromatic N) is 4. The van der Waals surface area contributed by atoms with Gasteiger partial charge in [-0.15, -0.1) is 0 Å². The molecule has 6 aromatic carbocycles. The van der Waals surface area contributed by atoms with Gasteiger partial charge in [0.2, 0.25) is 0 Å². The topological polar surface area (TPSA) is 60.8 Å². The van der Waals surface area contributed by atoms with Crippen molar-refractivity contribution in [1.29, 1.82) is 0 Å². The highest BCUT2D eigenvalue weighted by molar-refractivity contribution is 6.16. The van der Waals surface area contributed by atoms with Crippen LogP contribution < -0.4 is 4.74 Å². The summed E-state index contributed by atoms with van der Waals surface area (Å²) in [6, 6.07) is 40.1. The van der Waals surface area contributed by atoms with Gasteiger partial charge in [-0.25, -0.2) is 15.0 Å². The number of fused-ring (bicyclic) bond motifs is 9. The molecule has 220 valence electrons. The molecule has 5 heteroatoms. The monoisotopic (exact) mass is 602 g/mol. The van der Waals surface area contributed by atoms with E-state index >= 15 is 0 Å². The first-order valence-electron chi connectivity index (χ1n) is 15.9. The Morgan fingerprint density at radius 1 is 0.489 bits per heavy atom. The van der Waals surface area contributed by atoms with Gasteiger partial charge < -0.3 is 4.74 Å². The maximum Gasteiger partial charge on any atom is 0.164 e. The molecular formula is C42H26N4O. The van der Waals surface area contributed by atoms with Crippen LogP contribution in [0.5, 0.6) is 5.75 Å². The van der Waals surface area contributed by atoms with E-state index in [1.807, 2.05) is 12.3 Å². The van der Waals surface area contributed by atoms with E-state index < -0.39 is 0 Å². The summed E-state index contributed by atoms with van der Waals surface area (Å²) in [4.78, 5) is 20.1. The van der Waals surface area contributed by atoms with Crippen LogP contribution in [0.3, 0.4) is 0 Å². The summed E-state index contributed by atoms with van der Waals surface area (Å²) < 4.78 is 6.35. The fourth-order valence-corrected chi connectivity index (χ4v) is 7.08. The van der Waals surface area contributed by atoms with Gasteiger partial charge in [0.15, 0.2) is 17.5 Å². The third-order valence-corrected chi connectivity index (χ3v) is 9.47. The van der Waals surface area contributed by atoms with Crippen LogP contribution in [0, 0.1) is 0 Å². The highest BCUT2D eigenvalue weighted by atomic mass is 16.5. The number of allylic oxidation sites excluding steroid dienone is 2. The van der Waals surface area contributed by atoms with Crippen molar-refractivity contribution >= 4 is 43.2 Å². The minimum absolute atomic E-state index is 0.0190. The first kappa shape index (κ1) is 26.1. The maximum absolute atomic E-state index is 6.35. The molecular weight excluding hydrogens is 576 g/mol. The highest BCUT2D eigenvalue weighted by Gasteiger charge is 2.32. The van der Waals surface area contributed by atoms with E-state index in [4.69, 9.17) is 24.7 Å². The van der Waals surface area contributed by atoms with Gasteiger partial charge in [-0.3, -0.25) is 4.98 Å². The molecule has 0 saturated heterocycles. The Bertz CT molecular complexity index is 2640. The van der Waals surface area contributed by atoms with Crippen LogP contribution in [0.4, 0.5) is 0 Å². The zero-order chi connectivity index (χ0) is 30.9. The normalized spacial score (nSPS) is 16.5. The molecule has 2 aliphatic rings. The van der Waals surface area contributed by atoms with Crippen LogP contribution in [0.15, 0.2) is 146 Å². The van der Waals surface area contributed by atoms with Crippen LogP contribution in [0.2, 0.25) is 0 Å². The Kier molecular flexibility index (Phi) is 5.63. The van der Waals surface area contributed by atoms with Gasteiger partial charge in [-0.1, -0.05) is 103 Å². The van der Waals surface area contributed by atoms with Gasteiger partial charge in [-0.2, -0.15) is 0 Å². The zero-order valence-electron chi connectivity index (χ0n) is 25.2. The molecule has 8 aromatic rings. The molecule has 0 fully saturated rings. The Morgan fingerprint density at radius 2 is 1.17 bits per heavy atom. The number of pyridine rings is 1. The summed E-state index contributed by atoms with van der Waals surface area (Å²) in [7, 11) is 0. The van der Waals surface area contributed by atoms with E-state index in [0.29, 0.717) is 17.5 Å². The average Bonchev–Trinajstić information content (AvgIpc) is 3.52. The van der Waals surface area contributed by atoms with Gasteiger partial charge in [0, 0.05) is 45.1 Å². The highest BCUT2D eigenvalue weighted by Crippen LogP contribution is 2.43. The van der Waals surface area contributed by atoms with E-state index in [-0.39, 0.29) is 12.0 Å². The summed E-state index contributed by atoms with van der Waals surface area (Å²) in [5.41, 5.74) is 4.85. The van der Waals surface area contributed by atoms with Crippen molar-refractivity contribution in [2.24, 2.45) is 0 Å². The van der Waals surface area contributed by atoms with Crippen LogP contribution in [0.25, 0.3) is 77.4 Å². The van der Waals surface area contributed by atoms with Crippen molar-refractivity contribution in [2.75, 3.05) is 0 Å². The van der Waals surface area contributed by atoms with Gasteiger partial charge >= 0.3 is 0 Å². The molecule has 5 nitrogen and oxygen atoms in total. The summed E-state index contributed by atoms with van der Waals surface area (Å²) in [5, 5.41) is 8.05. The fourth-order valence-electron chi connectivity index (χ4n) is 7.08. The molecule has 1 aliphatic heterocycles. The lowest BCUT2D eigenvalue weighted by atomic mass is 9.91. The van der Waals surface area contributed by atoms with Crippen LogP contribution in [0.1, 0.15) is 11.5 Å². The number of ether oxygens (including phenoxy) is 1. The van der Waals surface area contributed by atoms with E-state index in [0.717, 1.165) is 49.5 Å². The van der Waals surface area contributed by atoms with Crippen molar-refractivity contribution in [2.45, 2.75) is 12.0 Å². The van der Waals surface area contributed by atoms with Gasteiger partial charge in [0.1, 0.15) is 11.9 Å². The van der Waals surface area contributed by atoms with Gasteiger partial charge in [0.25, 0.3) is 0 Å². The molecule has 3 heterocycles. The predicted octanol–water partition coefficient (Wildman–Crippen LogP) is 9.85. The lowest BCUT2D eigenvalue weighted by Gasteiger charge is -2.13. The molecule has 0 spiro atoms. The molecule has 0 bridgehead atoms. The number of aromatic nitrogens is 4. The smallest absolute Gasteiger partial charge is 0.164 e. The first-order valence-corrected chi connectivity index (χ1v) is 15.9. The van der Waals surface area contributed by atoms with Crippen molar-refractivity contribution in [3.8, 4) is 39.9 Å². The first-order chi connectivity index (χ1) is 23.2. The molecule has 2 unspecified atom stereocenters. The number of hydrogen-bond acceptors (Lipinski definition) is 5. The lowest BCUT2D eigenvalue weighted by molar-refractivity contribution is 0.269. The Hall–Kier alpha value is -6.20. The largest absolute Gasteiger partial charge is 0.485 e. The zero-order valence-corrected chi connectivity index (χ0v) is 25.2. The number of rotatable bonds is 3. The minimum atomic E-state index is 0.0190. The Balaban J connectivity index is 1.16. The fraction of sp³-hybridized carbons (Fsp3) is 0.0476. The molecule has 0 N–H and O–H groups in total. The molecule has 0 amide bonds. The summed E-state index contributed by atoms with van der Waals surface area (Å²) in [6.45, 7) is 0. The maximum atomic E-state index is 6.35. The summed E-state index contributed by atoms with van der Waals surface area (Å²) >= 11 is 0. The molecule has 0 radical (unpaired) electrons. The van der Waals surface area contributed by atoms with E-state index in [1.54, 1.807) is 0 Å². The van der Waals surface area contributed by atoms with Crippen molar-refractivity contribution in [3.63, 3.8) is 0 Å². The molecule has 2 atom stereocenters. The van der Waals surface area contributed by atoms with Crippen molar-refractivity contribution in [1.82, 2.24) is 19.9 Å². The summed E-state index contributed by atoms with van der Waals surface area (Å²) in [6.07, 6.45) is 10.5. The molecule has 47 heavy (non-hydrogen) atoms. The molecule has 2 aromatic heterocycles. The Labute approximate surface area is 270 Å². The van der Waals surface area contributed by atoms with Crippen LogP contribution in [-0.2, 0) is 0 Å². The van der Waals surface area contributed by atoms with Crippen LogP contribution in [-0.4, -0.2) is 26.0 Å². The average molecular weight is 603 g/mol. The third-order valence-electron chi connectivity index (χ3n) is 9.47. The third kappa shape index (κ3) is 4.24. The lowest BCUT2D eigenvalue weighted by Crippen LogP contribution is -2.15. The number of hydrogen-bond donors (Lipinski definition) is 0. The molecule has 1 aliphatic carbocycles. The van der Waals surface area contributed by atoms with Gasteiger partial charge in [0.05, 0.1) is 5.52 Å². The SMILES string of the molecule is C1=CC2Oc3cc(-c4nc(-c5ccc6ccccc6c5)nc(-c5ccc6ncc7c8ccccc8ccc7c6c5)n4)ccc3C2C=C1. The molecule has 0 saturated carbocycles. The predicted molar refractivity (Wildman–Crippen MR) is 189 cm³/mol. The number of benzene rings is 6. The quantitative estimate of drug-likeness (QED) is 0.188.